The number of rotatable bonds is 8. The van der Waals surface area contributed by atoms with Crippen molar-refractivity contribution in [3.05, 3.63) is 24.3 Å². The standard InChI is InChI=1S/C16H24N2O3S/c1-20-10-7-17(8-11-21-2)13-16(19)18-9-12-22-15-6-4-3-5-14(15)18/h3-6H,7-13H2,1-2H3. The van der Waals surface area contributed by atoms with Crippen LogP contribution >= 0.6 is 11.8 Å². The number of carbonyl (C=O) groups excluding carboxylic acids is 1. The maximum atomic E-state index is 12.7. The van der Waals surface area contributed by atoms with Crippen molar-refractivity contribution in [2.45, 2.75) is 4.90 Å². The van der Waals surface area contributed by atoms with Crippen molar-refractivity contribution >= 4 is 23.4 Å². The summed E-state index contributed by atoms with van der Waals surface area (Å²) in [7, 11) is 3.35. The van der Waals surface area contributed by atoms with E-state index in [1.807, 2.05) is 34.9 Å². The van der Waals surface area contributed by atoms with Gasteiger partial charge in [0, 0.05) is 44.5 Å². The fraction of sp³-hybridized carbons (Fsp3) is 0.562. The number of hydrogen-bond acceptors (Lipinski definition) is 5. The molecule has 0 saturated carbocycles. The summed E-state index contributed by atoms with van der Waals surface area (Å²) >= 11 is 1.81. The molecule has 122 valence electrons. The number of fused-ring (bicyclic) bond motifs is 1. The Kier molecular flexibility index (Phi) is 7.18. The molecular formula is C16H24N2O3S. The van der Waals surface area contributed by atoms with Crippen LogP contribution in [0.15, 0.2) is 29.2 Å². The molecule has 0 bridgehead atoms. The van der Waals surface area contributed by atoms with E-state index in [0.29, 0.717) is 19.8 Å². The molecule has 0 radical (unpaired) electrons. The largest absolute Gasteiger partial charge is 0.383 e. The van der Waals surface area contributed by atoms with Crippen LogP contribution in [-0.2, 0) is 14.3 Å². The smallest absolute Gasteiger partial charge is 0.241 e. The molecule has 0 fully saturated rings. The number of methoxy groups -OCH3 is 2. The van der Waals surface area contributed by atoms with Crippen molar-refractivity contribution in [2.24, 2.45) is 0 Å². The molecule has 0 N–H and O–H groups in total. The van der Waals surface area contributed by atoms with Crippen molar-refractivity contribution in [2.75, 3.05) is 64.3 Å². The van der Waals surface area contributed by atoms with E-state index in [4.69, 9.17) is 9.47 Å². The highest BCUT2D eigenvalue weighted by Crippen LogP contribution is 2.34. The first-order valence-electron chi connectivity index (χ1n) is 7.48. The van der Waals surface area contributed by atoms with E-state index in [2.05, 4.69) is 11.0 Å². The second-order valence-electron chi connectivity index (χ2n) is 5.12. The van der Waals surface area contributed by atoms with Crippen LogP contribution in [-0.4, -0.2) is 70.2 Å². The molecule has 1 aliphatic heterocycles. The van der Waals surface area contributed by atoms with Gasteiger partial charge in [0.2, 0.25) is 5.91 Å². The second kappa shape index (κ2) is 9.15. The fourth-order valence-corrected chi connectivity index (χ4v) is 3.41. The van der Waals surface area contributed by atoms with Gasteiger partial charge >= 0.3 is 0 Å². The number of hydrogen-bond donors (Lipinski definition) is 0. The minimum atomic E-state index is 0.139. The lowest BCUT2D eigenvalue weighted by Gasteiger charge is -2.31. The zero-order valence-corrected chi connectivity index (χ0v) is 14.1. The molecule has 1 aromatic carbocycles. The van der Waals surface area contributed by atoms with Crippen LogP contribution in [0.5, 0.6) is 0 Å². The molecule has 2 rings (SSSR count). The van der Waals surface area contributed by atoms with Crippen LogP contribution < -0.4 is 4.90 Å². The predicted molar refractivity (Wildman–Crippen MR) is 89.7 cm³/mol. The van der Waals surface area contributed by atoms with Gasteiger partial charge in [0.25, 0.3) is 0 Å². The van der Waals surface area contributed by atoms with E-state index in [-0.39, 0.29) is 5.91 Å². The molecule has 22 heavy (non-hydrogen) atoms. The molecule has 0 atom stereocenters. The summed E-state index contributed by atoms with van der Waals surface area (Å²) in [5.41, 5.74) is 1.03. The lowest BCUT2D eigenvalue weighted by molar-refractivity contribution is -0.120. The van der Waals surface area contributed by atoms with Gasteiger partial charge in [-0.1, -0.05) is 12.1 Å². The van der Waals surface area contributed by atoms with E-state index in [0.717, 1.165) is 31.1 Å². The van der Waals surface area contributed by atoms with Crippen molar-refractivity contribution in [1.29, 1.82) is 0 Å². The summed E-state index contributed by atoms with van der Waals surface area (Å²) in [4.78, 5) is 17.9. The summed E-state index contributed by atoms with van der Waals surface area (Å²) < 4.78 is 10.2. The van der Waals surface area contributed by atoms with Gasteiger partial charge in [0.05, 0.1) is 25.4 Å². The summed E-state index contributed by atoms with van der Waals surface area (Å²) in [6.45, 7) is 3.85. The monoisotopic (exact) mass is 324 g/mol. The van der Waals surface area contributed by atoms with Crippen LogP contribution in [0, 0.1) is 0 Å². The van der Waals surface area contributed by atoms with Crippen molar-refractivity contribution in [3.63, 3.8) is 0 Å². The molecule has 1 aromatic rings. The topological polar surface area (TPSA) is 42.0 Å². The average molecular weight is 324 g/mol. The predicted octanol–water partition coefficient (Wildman–Crippen LogP) is 1.72. The zero-order valence-electron chi connectivity index (χ0n) is 13.3. The number of benzene rings is 1. The van der Waals surface area contributed by atoms with Gasteiger partial charge in [-0.25, -0.2) is 0 Å². The number of amides is 1. The molecule has 0 unspecified atom stereocenters. The molecule has 1 aliphatic rings. The normalized spacial score (nSPS) is 14.2. The third-order valence-corrected chi connectivity index (χ3v) is 4.65. The highest BCUT2D eigenvalue weighted by atomic mass is 32.2. The number of carbonyl (C=O) groups is 1. The first kappa shape index (κ1) is 17.3. The molecular weight excluding hydrogens is 300 g/mol. The first-order chi connectivity index (χ1) is 10.8. The number of ether oxygens (including phenoxy) is 2. The van der Waals surface area contributed by atoms with Crippen LogP contribution in [0.3, 0.4) is 0 Å². The highest BCUT2D eigenvalue weighted by Gasteiger charge is 2.24. The highest BCUT2D eigenvalue weighted by molar-refractivity contribution is 7.99. The minimum absolute atomic E-state index is 0.139. The van der Waals surface area contributed by atoms with Crippen molar-refractivity contribution in [1.82, 2.24) is 4.90 Å². The molecule has 5 nitrogen and oxygen atoms in total. The molecule has 0 aromatic heterocycles. The molecule has 0 aliphatic carbocycles. The van der Waals surface area contributed by atoms with E-state index in [9.17, 15) is 4.79 Å². The van der Waals surface area contributed by atoms with Crippen molar-refractivity contribution in [3.8, 4) is 0 Å². The minimum Gasteiger partial charge on any atom is -0.383 e. The van der Waals surface area contributed by atoms with Crippen LogP contribution in [0.4, 0.5) is 5.69 Å². The Bertz CT molecular complexity index is 476. The maximum absolute atomic E-state index is 12.7. The van der Waals surface area contributed by atoms with Crippen LogP contribution in [0.1, 0.15) is 0 Å². The Morgan fingerprint density at radius 1 is 1.23 bits per heavy atom. The number of para-hydroxylation sites is 1. The first-order valence-corrected chi connectivity index (χ1v) is 8.47. The van der Waals surface area contributed by atoms with Gasteiger partial charge in [-0.2, -0.15) is 0 Å². The Hall–Kier alpha value is -1.08. The van der Waals surface area contributed by atoms with Gasteiger partial charge in [0.1, 0.15) is 0 Å². The molecule has 0 spiro atoms. The summed E-state index contributed by atoms with van der Waals surface area (Å²) in [5, 5.41) is 0. The Morgan fingerprint density at radius 3 is 2.59 bits per heavy atom. The quantitative estimate of drug-likeness (QED) is 0.728. The Labute approximate surface area is 136 Å². The van der Waals surface area contributed by atoms with Crippen LogP contribution in [0.2, 0.25) is 0 Å². The Morgan fingerprint density at radius 2 is 1.91 bits per heavy atom. The third-order valence-electron chi connectivity index (χ3n) is 3.61. The molecule has 0 saturated heterocycles. The SMILES string of the molecule is COCCN(CCOC)CC(=O)N1CCSc2ccccc21. The lowest BCUT2D eigenvalue weighted by atomic mass is 10.2. The zero-order chi connectivity index (χ0) is 15.8. The van der Waals surface area contributed by atoms with Crippen molar-refractivity contribution < 1.29 is 14.3 Å². The summed E-state index contributed by atoms with van der Waals surface area (Å²) in [6.07, 6.45) is 0. The fourth-order valence-electron chi connectivity index (χ4n) is 2.42. The summed E-state index contributed by atoms with van der Waals surface area (Å²) in [6, 6.07) is 8.10. The lowest BCUT2D eigenvalue weighted by Crippen LogP contribution is -2.44. The van der Waals surface area contributed by atoms with E-state index < -0.39 is 0 Å². The maximum Gasteiger partial charge on any atom is 0.241 e. The van der Waals surface area contributed by atoms with E-state index >= 15 is 0 Å². The van der Waals surface area contributed by atoms with Gasteiger partial charge in [0.15, 0.2) is 0 Å². The van der Waals surface area contributed by atoms with Gasteiger partial charge in [-0.3, -0.25) is 9.69 Å². The van der Waals surface area contributed by atoms with Crippen LogP contribution in [0.25, 0.3) is 0 Å². The number of nitrogens with zero attached hydrogens (tertiary/aromatic N) is 2. The van der Waals surface area contributed by atoms with Gasteiger partial charge < -0.3 is 14.4 Å². The van der Waals surface area contributed by atoms with E-state index in [1.54, 1.807) is 14.2 Å². The Balaban J connectivity index is 2.00. The van der Waals surface area contributed by atoms with Gasteiger partial charge in [-0.15, -0.1) is 11.8 Å². The second-order valence-corrected chi connectivity index (χ2v) is 6.26. The number of anilines is 1. The average Bonchev–Trinajstić information content (AvgIpc) is 2.56. The molecule has 1 amide bonds. The van der Waals surface area contributed by atoms with Gasteiger partial charge in [-0.05, 0) is 12.1 Å². The van der Waals surface area contributed by atoms with E-state index in [1.165, 1.54) is 4.90 Å². The molecule has 6 heteroatoms. The third kappa shape index (κ3) is 4.71. The number of thioether (sulfide) groups is 1. The summed E-state index contributed by atoms with van der Waals surface area (Å²) in [5.74, 6) is 1.08. The molecule has 1 heterocycles.